The van der Waals surface area contributed by atoms with E-state index in [-0.39, 0.29) is 31.6 Å². The summed E-state index contributed by atoms with van der Waals surface area (Å²) in [4.78, 5) is 31.2. The second-order valence-corrected chi connectivity index (χ2v) is 11.2. The number of nitriles is 1. The van der Waals surface area contributed by atoms with Crippen LogP contribution < -0.4 is 5.32 Å². The van der Waals surface area contributed by atoms with Gasteiger partial charge in [0.15, 0.2) is 0 Å². The molecule has 0 unspecified atom stereocenters. The smallest absolute Gasteiger partial charge is 0.255 e. The van der Waals surface area contributed by atoms with Crippen LogP contribution in [0.15, 0.2) is 42.7 Å². The van der Waals surface area contributed by atoms with Crippen molar-refractivity contribution in [3.8, 4) is 17.2 Å². The molecule has 10 heteroatoms. The molecule has 0 aliphatic carbocycles. The highest BCUT2D eigenvalue weighted by Crippen LogP contribution is 2.41. The molecule has 8 nitrogen and oxygen atoms in total. The molecule has 2 amide bonds. The maximum absolute atomic E-state index is 12.2. The largest absolute Gasteiger partial charge is 0.362 e. The third kappa shape index (κ3) is 4.40. The number of nitrogens with zero attached hydrogens (tertiary/aromatic N) is 4. The molecule has 0 atom stereocenters. The van der Waals surface area contributed by atoms with Gasteiger partial charge in [-0.05, 0) is 56.3 Å². The first-order valence-corrected chi connectivity index (χ1v) is 13.3. The molecule has 0 radical (unpaired) electrons. The first-order chi connectivity index (χ1) is 18.0. The molecule has 4 aromatic rings. The summed E-state index contributed by atoms with van der Waals surface area (Å²) in [5.74, 6) is -0.666. The Morgan fingerprint density at radius 1 is 1.14 bits per heavy atom. The number of nitrogens with one attached hydrogen (secondary N) is 1. The molecule has 0 spiro atoms. The van der Waals surface area contributed by atoms with Crippen LogP contribution in [0.1, 0.15) is 17.7 Å². The van der Waals surface area contributed by atoms with Crippen LogP contribution in [0.3, 0.4) is 0 Å². The summed E-state index contributed by atoms with van der Waals surface area (Å²) in [5, 5.41) is 15.1. The summed E-state index contributed by atoms with van der Waals surface area (Å²) in [6.07, 6.45) is 5.42. The third-order valence-corrected chi connectivity index (χ3v) is 8.58. The molecule has 1 aromatic carbocycles. The molecule has 2 fully saturated rings. The van der Waals surface area contributed by atoms with E-state index in [4.69, 9.17) is 16.3 Å². The number of piperidine rings is 1. The molecule has 37 heavy (non-hydrogen) atoms. The zero-order valence-electron chi connectivity index (χ0n) is 20.0. The van der Waals surface area contributed by atoms with Crippen molar-refractivity contribution in [1.82, 2.24) is 19.8 Å². The minimum atomic E-state index is -0.422. The van der Waals surface area contributed by atoms with Crippen molar-refractivity contribution >= 4 is 55.9 Å². The van der Waals surface area contributed by atoms with Gasteiger partial charge in [-0.3, -0.25) is 19.5 Å². The van der Waals surface area contributed by atoms with E-state index in [0.29, 0.717) is 11.6 Å². The average molecular weight is 534 g/mol. The summed E-state index contributed by atoms with van der Waals surface area (Å²) in [6.45, 7) is 2.30. The monoisotopic (exact) mass is 533 g/mol. The van der Waals surface area contributed by atoms with Crippen molar-refractivity contribution in [2.75, 3.05) is 26.3 Å². The van der Waals surface area contributed by atoms with Crippen LogP contribution in [0.5, 0.6) is 0 Å². The van der Waals surface area contributed by atoms with Crippen LogP contribution in [0, 0.1) is 16.7 Å². The first-order valence-electron chi connectivity index (χ1n) is 12.2. The standard InChI is InChI=1S/C27H24ClN5O3S/c28-18-9-17-2-8-32(16-27(15-29)3-6-30-7-4-27)25(17)21(10-18)20-1-5-31-22-11-19(37-26(20)22)12-33-23(34)13-36-14-24(33)35/h1-2,5,8-11,30H,3-4,6-7,12-14,16H2. The number of pyridine rings is 1. The summed E-state index contributed by atoms with van der Waals surface area (Å²) < 4.78 is 8.17. The lowest BCUT2D eigenvalue weighted by Crippen LogP contribution is -2.45. The number of amides is 2. The fourth-order valence-electron chi connectivity index (χ4n) is 5.32. The van der Waals surface area contributed by atoms with Crippen molar-refractivity contribution < 1.29 is 14.3 Å². The van der Waals surface area contributed by atoms with Gasteiger partial charge in [-0.15, -0.1) is 11.3 Å². The fourth-order valence-corrected chi connectivity index (χ4v) is 6.67. The third-order valence-electron chi connectivity index (χ3n) is 7.22. The molecule has 6 rings (SSSR count). The Labute approximate surface area is 222 Å². The van der Waals surface area contributed by atoms with Gasteiger partial charge in [-0.25, -0.2) is 0 Å². The fraction of sp³-hybridized carbons (Fsp3) is 0.333. The average Bonchev–Trinajstić information content (AvgIpc) is 3.50. The number of benzene rings is 1. The molecular formula is C27H24ClN5O3S. The Balaban J connectivity index is 1.44. The summed E-state index contributed by atoms with van der Waals surface area (Å²) in [7, 11) is 0. The number of carbonyl (C=O) groups is 2. The number of morpholine rings is 1. The first kappa shape index (κ1) is 24.1. The van der Waals surface area contributed by atoms with Crippen LogP contribution in [0.25, 0.3) is 32.2 Å². The summed E-state index contributed by atoms with van der Waals surface area (Å²) >= 11 is 8.09. The van der Waals surface area contributed by atoms with Gasteiger partial charge in [0.2, 0.25) is 0 Å². The Kier molecular flexibility index (Phi) is 6.21. The van der Waals surface area contributed by atoms with Crippen molar-refractivity contribution in [3.63, 3.8) is 0 Å². The molecule has 2 aliphatic rings. The van der Waals surface area contributed by atoms with Crippen LogP contribution >= 0.6 is 22.9 Å². The Morgan fingerprint density at radius 2 is 1.92 bits per heavy atom. The molecule has 1 N–H and O–H groups in total. The second kappa shape index (κ2) is 9.54. The quantitative estimate of drug-likeness (QED) is 0.383. The number of hydrogen-bond acceptors (Lipinski definition) is 7. The number of hydrogen-bond donors (Lipinski definition) is 1. The van der Waals surface area contributed by atoms with Gasteiger partial charge in [-0.2, -0.15) is 5.26 Å². The number of ether oxygens (including phenoxy) is 1. The predicted octanol–water partition coefficient (Wildman–Crippen LogP) is 4.35. The highest BCUT2D eigenvalue weighted by Gasteiger charge is 2.33. The lowest BCUT2D eigenvalue weighted by atomic mass is 9.80. The van der Waals surface area contributed by atoms with Gasteiger partial charge in [-0.1, -0.05) is 11.6 Å². The number of thiophene rings is 1. The maximum atomic E-state index is 12.2. The molecule has 0 saturated carbocycles. The highest BCUT2D eigenvalue weighted by molar-refractivity contribution is 7.19. The predicted molar refractivity (Wildman–Crippen MR) is 142 cm³/mol. The van der Waals surface area contributed by atoms with Gasteiger partial charge in [0, 0.05) is 45.4 Å². The molecule has 5 heterocycles. The van der Waals surface area contributed by atoms with E-state index in [1.54, 1.807) is 6.20 Å². The second-order valence-electron chi connectivity index (χ2n) is 9.63. The SMILES string of the molecule is N#CC1(Cn2ccc3cc(Cl)cc(-c4ccnc5cc(CN6C(=O)COCC6=O)sc45)c32)CCNCC1. The Hall–Kier alpha value is -3.29. The van der Waals surface area contributed by atoms with E-state index in [0.717, 1.165) is 63.1 Å². The molecular weight excluding hydrogens is 510 g/mol. The van der Waals surface area contributed by atoms with E-state index in [1.807, 2.05) is 36.5 Å². The van der Waals surface area contributed by atoms with E-state index in [1.165, 1.54) is 16.2 Å². The number of imide groups is 1. The lowest BCUT2D eigenvalue weighted by molar-refractivity contribution is -0.159. The van der Waals surface area contributed by atoms with E-state index in [2.05, 4.69) is 20.9 Å². The molecule has 3 aromatic heterocycles. The van der Waals surface area contributed by atoms with Crippen molar-refractivity contribution in [2.45, 2.75) is 25.9 Å². The molecule has 0 bridgehead atoms. The number of rotatable bonds is 5. The zero-order valence-corrected chi connectivity index (χ0v) is 21.6. The molecule has 2 saturated heterocycles. The lowest BCUT2D eigenvalue weighted by Gasteiger charge is -2.32. The summed E-state index contributed by atoms with van der Waals surface area (Å²) in [5.41, 5.74) is 3.34. The van der Waals surface area contributed by atoms with Gasteiger partial charge in [0.05, 0.1) is 33.8 Å². The molecule has 188 valence electrons. The Bertz CT molecular complexity index is 1560. The number of halogens is 1. The number of fused-ring (bicyclic) bond motifs is 2. The van der Waals surface area contributed by atoms with Crippen LogP contribution in [0.4, 0.5) is 0 Å². The molecule has 2 aliphatic heterocycles. The Morgan fingerprint density at radius 3 is 2.68 bits per heavy atom. The van der Waals surface area contributed by atoms with Gasteiger partial charge >= 0.3 is 0 Å². The van der Waals surface area contributed by atoms with E-state index < -0.39 is 5.41 Å². The maximum Gasteiger partial charge on any atom is 0.255 e. The summed E-state index contributed by atoms with van der Waals surface area (Å²) in [6, 6.07) is 12.5. The minimum Gasteiger partial charge on any atom is -0.362 e. The van der Waals surface area contributed by atoms with Crippen molar-refractivity contribution in [2.24, 2.45) is 5.41 Å². The van der Waals surface area contributed by atoms with Gasteiger partial charge < -0.3 is 14.6 Å². The van der Waals surface area contributed by atoms with E-state index in [9.17, 15) is 14.9 Å². The highest BCUT2D eigenvalue weighted by atomic mass is 35.5. The van der Waals surface area contributed by atoms with E-state index >= 15 is 0 Å². The minimum absolute atomic E-state index is 0.0854. The topological polar surface area (TPSA) is 100 Å². The van der Waals surface area contributed by atoms with Gasteiger partial charge in [0.1, 0.15) is 13.2 Å². The van der Waals surface area contributed by atoms with Crippen LogP contribution in [-0.4, -0.2) is 52.6 Å². The zero-order chi connectivity index (χ0) is 25.6. The number of aromatic nitrogens is 2. The van der Waals surface area contributed by atoms with Crippen molar-refractivity contribution in [3.05, 3.63) is 52.6 Å². The van der Waals surface area contributed by atoms with Gasteiger partial charge in [0.25, 0.3) is 11.8 Å². The van der Waals surface area contributed by atoms with Crippen molar-refractivity contribution in [1.29, 1.82) is 5.26 Å². The normalized spacial score (nSPS) is 18.0. The number of carbonyl (C=O) groups excluding carboxylic acids is 2. The van der Waals surface area contributed by atoms with Crippen LogP contribution in [0.2, 0.25) is 5.02 Å². The van der Waals surface area contributed by atoms with Crippen LogP contribution in [-0.2, 0) is 27.4 Å².